The molecule has 0 atom stereocenters. The van der Waals surface area contributed by atoms with E-state index in [9.17, 15) is 26.7 Å². The molecule has 136 valence electrons. The van der Waals surface area contributed by atoms with E-state index in [1.165, 1.54) is 4.90 Å². The van der Waals surface area contributed by atoms with Crippen molar-refractivity contribution in [3.05, 3.63) is 29.1 Å². The van der Waals surface area contributed by atoms with Crippen molar-refractivity contribution >= 4 is 39.5 Å². The smallest absolute Gasteiger partial charge is 0.370 e. The third kappa shape index (κ3) is 3.86. The molecule has 5 nitrogen and oxygen atoms in total. The monoisotopic (exact) mass is 475 g/mol. The minimum Gasteiger partial charge on any atom is -0.370 e. The second kappa shape index (κ2) is 6.34. The zero-order chi connectivity index (χ0) is 18.4. The summed E-state index contributed by atoms with van der Waals surface area (Å²) in [6.07, 6.45) is -4.84. The number of fused-ring (bicyclic) bond motifs is 1. The van der Waals surface area contributed by atoms with Gasteiger partial charge in [-0.2, -0.15) is 22.0 Å². The van der Waals surface area contributed by atoms with Crippen LogP contribution in [-0.4, -0.2) is 40.5 Å². The molecule has 0 bridgehead atoms. The average molecular weight is 475 g/mol. The summed E-state index contributed by atoms with van der Waals surface area (Å²) in [4.78, 5) is 19.6. The van der Waals surface area contributed by atoms with E-state index >= 15 is 0 Å². The molecule has 0 radical (unpaired) electrons. The van der Waals surface area contributed by atoms with Gasteiger partial charge >= 0.3 is 10.1 Å². The molecule has 1 N–H and O–H groups in total. The SMILES string of the molecule is O=C1COCCN1Cc1nc2c(C(F)(F)F)cc(C(F)(F)I)cc2[nH]1. The highest BCUT2D eigenvalue weighted by atomic mass is 127. The number of benzene rings is 1. The van der Waals surface area contributed by atoms with Crippen molar-refractivity contribution in [3.63, 3.8) is 0 Å². The normalized spacial score (nSPS) is 16.7. The molecular weight excluding hydrogens is 464 g/mol. The maximum absolute atomic E-state index is 13.5. The van der Waals surface area contributed by atoms with Crippen LogP contribution in [-0.2, 0) is 26.2 Å². The number of imidazole rings is 1. The molecule has 0 aliphatic carbocycles. The standard InChI is InChI=1S/C14H11F5IN3O2/c15-13(16,17)8-3-7(14(18,19)20)4-9-12(8)22-10(21-9)5-23-1-2-25-6-11(23)24/h3-4H,1-2,5-6H2,(H,21,22). The van der Waals surface area contributed by atoms with E-state index < -0.39 is 26.7 Å². The number of rotatable bonds is 3. The predicted molar refractivity (Wildman–Crippen MR) is 85.2 cm³/mol. The molecule has 3 rings (SSSR count). The summed E-state index contributed by atoms with van der Waals surface area (Å²) in [6, 6.07) is 1.34. The van der Waals surface area contributed by atoms with Crippen molar-refractivity contribution in [1.82, 2.24) is 14.9 Å². The van der Waals surface area contributed by atoms with Crippen LogP contribution in [0.15, 0.2) is 12.1 Å². The van der Waals surface area contributed by atoms with E-state index in [-0.39, 0.29) is 36.9 Å². The van der Waals surface area contributed by atoms with Crippen LogP contribution in [0.25, 0.3) is 11.0 Å². The Labute approximate surface area is 151 Å². The molecule has 1 aromatic carbocycles. The minimum atomic E-state index is -4.84. The largest absolute Gasteiger partial charge is 0.418 e. The third-order valence-electron chi connectivity index (χ3n) is 3.69. The number of aromatic nitrogens is 2. The number of carbonyl (C=O) groups excluding carboxylic acids is 1. The molecule has 0 unspecified atom stereocenters. The maximum atomic E-state index is 13.5. The average Bonchev–Trinajstić information content (AvgIpc) is 2.88. The van der Waals surface area contributed by atoms with E-state index in [0.717, 1.165) is 28.7 Å². The number of morpholine rings is 1. The Morgan fingerprint density at radius 3 is 2.60 bits per heavy atom. The van der Waals surface area contributed by atoms with Gasteiger partial charge in [0.2, 0.25) is 5.91 Å². The number of H-pyrrole nitrogens is 1. The third-order valence-corrected chi connectivity index (χ3v) is 4.32. The first kappa shape index (κ1) is 18.3. The van der Waals surface area contributed by atoms with Crippen LogP contribution in [0.1, 0.15) is 17.0 Å². The molecule has 2 heterocycles. The quantitative estimate of drug-likeness (QED) is 0.421. The second-order valence-corrected chi connectivity index (χ2v) is 6.82. The molecule has 1 aliphatic rings. The molecule has 0 saturated carbocycles. The van der Waals surface area contributed by atoms with Gasteiger partial charge in [-0.1, -0.05) is 0 Å². The number of hydrogen-bond donors (Lipinski definition) is 1. The van der Waals surface area contributed by atoms with Gasteiger partial charge in [-0.3, -0.25) is 4.79 Å². The lowest BCUT2D eigenvalue weighted by Gasteiger charge is -2.25. The number of alkyl halides is 6. The Bertz CT molecular complexity index is 815. The summed E-state index contributed by atoms with van der Waals surface area (Å²) in [5.74, 6) is -0.230. The van der Waals surface area contributed by atoms with Crippen molar-refractivity contribution in [1.29, 1.82) is 0 Å². The van der Waals surface area contributed by atoms with Crippen LogP contribution in [0.3, 0.4) is 0 Å². The molecule has 25 heavy (non-hydrogen) atoms. The number of ether oxygens (including phenoxy) is 1. The van der Waals surface area contributed by atoms with Gasteiger partial charge in [-0.15, -0.1) is 0 Å². The van der Waals surface area contributed by atoms with Gasteiger partial charge in [-0.05, 0) is 12.1 Å². The van der Waals surface area contributed by atoms with Crippen LogP contribution in [0.5, 0.6) is 0 Å². The van der Waals surface area contributed by atoms with E-state index in [4.69, 9.17) is 4.74 Å². The molecule has 1 aromatic heterocycles. The van der Waals surface area contributed by atoms with E-state index in [0.29, 0.717) is 12.7 Å². The van der Waals surface area contributed by atoms with Crippen molar-refractivity contribution in [2.24, 2.45) is 0 Å². The van der Waals surface area contributed by atoms with Gasteiger partial charge in [0.25, 0.3) is 0 Å². The number of hydrogen-bond acceptors (Lipinski definition) is 3. The van der Waals surface area contributed by atoms with Gasteiger partial charge in [-0.25, -0.2) is 4.98 Å². The molecule has 1 saturated heterocycles. The summed E-state index contributed by atoms with van der Waals surface area (Å²) in [5.41, 5.74) is -2.62. The second-order valence-electron chi connectivity index (χ2n) is 5.47. The van der Waals surface area contributed by atoms with Crippen molar-refractivity contribution in [3.8, 4) is 0 Å². The fraction of sp³-hybridized carbons (Fsp3) is 0.429. The summed E-state index contributed by atoms with van der Waals surface area (Å²) < 4.78 is 68.2. The summed E-state index contributed by atoms with van der Waals surface area (Å²) >= 11 is 0.772. The first-order chi connectivity index (χ1) is 11.6. The predicted octanol–water partition coefficient (Wildman–Crippen LogP) is 3.42. The zero-order valence-electron chi connectivity index (χ0n) is 12.5. The van der Waals surface area contributed by atoms with Gasteiger partial charge < -0.3 is 14.6 Å². The lowest BCUT2D eigenvalue weighted by molar-refractivity contribution is -0.143. The van der Waals surface area contributed by atoms with Crippen LogP contribution in [0.4, 0.5) is 22.0 Å². The molecular formula is C14H11F5IN3O2. The Morgan fingerprint density at radius 2 is 2.00 bits per heavy atom. The Kier molecular flexibility index (Phi) is 4.64. The Balaban J connectivity index is 2.04. The number of nitrogens with zero attached hydrogens (tertiary/aromatic N) is 2. The van der Waals surface area contributed by atoms with Crippen molar-refractivity contribution < 1.29 is 31.5 Å². The number of amides is 1. The Hall–Kier alpha value is -1.50. The molecule has 11 heteroatoms. The molecule has 1 aliphatic heterocycles. The van der Waals surface area contributed by atoms with Crippen LogP contribution < -0.4 is 0 Å². The van der Waals surface area contributed by atoms with E-state index in [1.807, 2.05) is 0 Å². The number of halogens is 6. The first-order valence-corrected chi connectivity index (χ1v) is 8.16. The lowest BCUT2D eigenvalue weighted by Crippen LogP contribution is -2.41. The number of carbonyl (C=O) groups is 1. The number of nitrogens with one attached hydrogen (secondary N) is 1. The van der Waals surface area contributed by atoms with Crippen molar-refractivity contribution in [2.75, 3.05) is 19.8 Å². The Morgan fingerprint density at radius 1 is 1.28 bits per heavy atom. The van der Waals surface area contributed by atoms with Gasteiger partial charge in [0.05, 0.1) is 24.2 Å². The van der Waals surface area contributed by atoms with Crippen molar-refractivity contribution in [2.45, 2.75) is 16.7 Å². The molecule has 1 fully saturated rings. The van der Waals surface area contributed by atoms with Gasteiger partial charge in [0.1, 0.15) is 17.9 Å². The topological polar surface area (TPSA) is 58.2 Å². The summed E-state index contributed by atoms with van der Waals surface area (Å²) in [7, 11) is 0. The van der Waals surface area contributed by atoms with Crippen LogP contribution >= 0.6 is 22.6 Å². The zero-order valence-corrected chi connectivity index (χ0v) is 14.6. The number of aromatic amines is 1. The first-order valence-electron chi connectivity index (χ1n) is 7.08. The van der Waals surface area contributed by atoms with Crippen LogP contribution in [0, 0.1) is 0 Å². The van der Waals surface area contributed by atoms with Gasteiger partial charge in [0.15, 0.2) is 0 Å². The fourth-order valence-corrected chi connectivity index (χ4v) is 2.83. The van der Waals surface area contributed by atoms with E-state index in [2.05, 4.69) is 9.97 Å². The van der Waals surface area contributed by atoms with E-state index in [1.54, 1.807) is 0 Å². The van der Waals surface area contributed by atoms with Gasteiger partial charge in [0, 0.05) is 34.7 Å². The molecule has 1 amide bonds. The maximum Gasteiger partial charge on any atom is 0.418 e. The minimum absolute atomic E-state index is 0.0515. The highest BCUT2D eigenvalue weighted by Gasteiger charge is 2.38. The summed E-state index contributed by atoms with van der Waals surface area (Å²) in [6.45, 7) is 0.424. The summed E-state index contributed by atoms with van der Waals surface area (Å²) in [5, 5.41) is 0. The highest BCUT2D eigenvalue weighted by Crippen LogP contribution is 2.41. The molecule has 2 aromatic rings. The highest BCUT2D eigenvalue weighted by molar-refractivity contribution is 14.1. The fourth-order valence-electron chi connectivity index (χ4n) is 2.52. The van der Waals surface area contributed by atoms with Crippen LogP contribution in [0.2, 0.25) is 0 Å². The molecule has 0 spiro atoms. The lowest BCUT2D eigenvalue weighted by atomic mass is 10.1.